The van der Waals surface area contributed by atoms with E-state index in [1.165, 1.54) is 16.8 Å². The first-order valence-electron chi connectivity index (χ1n) is 9.46. The smallest absolute Gasteiger partial charge is 0.225 e. The fourth-order valence-electron chi connectivity index (χ4n) is 3.29. The van der Waals surface area contributed by atoms with E-state index in [-0.39, 0.29) is 23.1 Å². The molecule has 0 radical (unpaired) electrons. The van der Waals surface area contributed by atoms with Crippen LogP contribution in [0.4, 0.5) is 20.5 Å². The number of nitrogens with two attached hydrogens (primary N) is 1. The Bertz CT molecular complexity index is 1250. The number of halogens is 2. The van der Waals surface area contributed by atoms with Crippen LogP contribution in [-0.2, 0) is 0 Å². The number of hydrogen-bond donors (Lipinski definition) is 2. The van der Waals surface area contributed by atoms with Gasteiger partial charge in [-0.1, -0.05) is 6.07 Å². The number of nitrogens with one attached hydrogen (secondary N) is 1. The van der Waals surface area contributed by atoms with Crippen LogP contribution in [0.1, 0.15) is 12.8 Å². The summed E-state index contributed by atoms with van der Waals surface area (Å²) in [6.45, 7) is 0. The maximum Gasteiger partial charge on any atom is 0.225 e. The van der Waals surface area contributed by atoms with Gasteiger partial charge in [-0.05, 0) is 49.2 Å². The summed E-state index contributed by atoms with van der Waals surface area (Å²) in [6.07, 6.45) is 2.01. The molecule has 152 valence electrons. The zero-order chi connectivity index (χ0) is 20.8. The minimum atomic E-state index is -0.994. The molecule has 5 rings (SSSR count). The van der Waals surface area contributed by atoms with E-state index in [0.717, 1.165) is 18.9 Å². The van der Waals surface area contributed by atoms with Crippen molar-refractivity contribution in [3.63, 3.8) is 0 Å². The predicted octanol–water partition coefficient (Wildman–Crippen LogP) is 3.93. The molecule has 0 spiro atoms. The Labute approximate surface area is 170 Å². The summed E-state index contributed by atoms with van der Waals surface area (Å²) >= 11 is 0. The number of benzene rings is 2. The first-order chi connectivity index (χ1) is 14.5. The summed E-state index contributed by atoms with van der Waals surface area (Å²) in [5.74, 6) is -0.731. The zero-order valence-corrected chi connectivity index (χ0v) is 16.1. The van der Waals surface area contributed by atoms with E-state index in [4.69, 9.17) is 10.5 Å². The van der Waals surface area contributed by atoms with Crippen molar-refractivity contribution < 1.29 is 13.5 Å². The quantitative estimate of drug-likeness (QED) is 0.520. The van der Waals surface area contributed by atoms with Crippen molar-refractivity contribution in [3.05, 3.63) is 54.1 Å². The molecule has 0 aliphatic heterocycles. The second kappa shape index (κ2) is 6.94. The monoisotopic (exact) mass is 408 g/mol. The molecule has 1 fully saturated rings. The van der Waals surface area contributed by atoms with Crippen LogP contribution in [0.15, 0.2) is 42.5 Å². The van der Waals surface area contributed by atoms with Gasteiger partial charge in [-0.2, -0.15) is 4.98 Å². The van der Waals surface area contributed by atoms with E-state index >= 15 is 0 Å². The van der Waals surface area contributed by atoms with Gasteiger partial charge >= 0.3 is 0 Å². The summed E-state index contributed by atoms with van der Waals surface area (Å²) in [7, 11) is 1.58. The van der Waals surface area contributed by atoms with Gasteiger partial charge in [-0.3, -0.25) is 0 Å². The Morgan fingerprint density at radius 1 is 1.10 bits per heavy atom. The summed E-state index contributed by atoms with van der Waals surface area (Å²) in [4.78, 5) is 8.93. The lowest BCUT2D eigenvalue weighted by Crippen LogP contribution is -2.07. The highest BCUT2D eigenvalue weighted by Gasteiger charge is 2.26. The SMILES string of the molecule is COc1ccc(-n2nc3nc(NC4CC4)nc(-c4cccc(F)c4F)c3c2N)cc1. The Morgan fingerprint density at radius 3 is 2.57 bits per heavy atom. The number of methoxy groups -OCH3 is 1. The molecule has 2 heterocycles. The number of nitrogens with zero attached hydrogens (tertiary/aromatic N) is 4. The van der Waals surface area contributed by atoms with Crippen LogP contribution < -0.4 is 15.8 Å². The van der Waals surface area contributed by atoms with Gasteiger partial charge in [0.05, 0.1) is 23.9 Å². The van der Waals surface area contributed by atoms with Crippen LogP contribution in [-0.4, -0.2) is 32.9 Å². The highest BCUT2D eigenvalue weighted by molar-refractivity contribution is 5.99. The molecule has 7 nitrogen and oxygen atoms in total. The first-order valence-corrected chi connectivity index (χ1v) is 9.46. The Balaban J connectivity index is 1.74. The summed E-state index contributed by atoms with van der Waals surface area (Å²) in [5.41, 5.74) is 7.54. The maximum atomic E-state index is 14.6. The zero-order valence-electron chi connectivity index (χ0n) is 16.1. The standard InChI is InChI=1S/C21H18F2N6O/c1-30-13-9-7-12(8-10-13)29-19(24)16-18(14-3-2-4-15(22)17(14)23)26-21(25-11-5-6-11)27-20(16)28-29/h2-4,7-11H,5-6,24H2,1H3,(H,25,27,28). The van der Waals surface area contributed by atoms with E-state index in [1.807, 2.05) is 0 Å². The fourth-order valence-corrected chi connectivity index (χ4v) is 3.29. The van der Waals surface area contributed by atoms with Crippen molar-refractivity contribution in [2.75, 3.05) is 18.2 Å². The third-order valence-electron chi connectivity index (χ3n) is 5.00. The minimum Gasteiger partial charge on any atom is -0.497 e. The van der Waals surface area contributed by atoms with Gasteiger partial charge in [0.2, 0.25) is 5.95 Å². The molecule has 1 aliphatic rings. The molecule has 0 bridgehead atoms. The number of fused-ring (bicyclic) bond motifs is 1. The molecular weight excluding hydrogens is 390 g/mol. The molecule has 0 unspecified atom stereocenters. The lowest BCUT2D eigenvalue weighted by atomic mass is 10.1. The van der Waals surface area contributed by atoms with Crippen molar-refractivity contribution >= 4 is 22.8 Å². The van der Waals surface area contributed by atoms with Crippen LogP contribution >= 0.6 is 0 Å². The van der Waals surface area contributed by atoms with Gasteiger partial charge in [-0.15, -0.1) is 5.10 Å². The molecule has 2 aromatic carbocycles. The molecule has 0 amide bonds. The minimum absolute atomic E-state index is 0.00206. The molecule has 9 heteroatoms. The molecule has 0 atom stereocenters. The number of ether oxygens (including phenoxy) is 1. The van der Waals surface area contributed by atoms with Crippen molar-refractivity contribution in [2.24, 2.45) is 0 Å². The van der Waals surface area contributed by atoms with Gasteiger partial charge in [0, 0.05) is 11.6 Å². The van der Waals surface area contributed by atoms with Gasteiger partial charge in [0.15, 0.2) is 17.3 Å². The largest absolute Gasteiger partial charge is 0.497 e. The molecule has 3 N–H and O–H groups in total. The van der Waals surface area contributed by atoms with Crippen molar-refractivity contribution in [1.82, 2.24) is 19.7 Å². The Morgan fingerprint density at radius 2 is 1.87 bits per heavy atom. The van der Waals surface area contributed by atoms with Gasteiger partial charge in [0.25, 0.3) is 0 Å². The second-order valence-electron chi connectivity index (χ2n) is 7.11. The van der Waals surface area contributed by atoms with Crippen LogP contribution in [0.2, 0.25) is 0 Å². The molecule has 4 aromatic rings. The van der Waals surface area contributed by atoms with Crippen molar-refractivity contribution in [3.8, 4) is 22.7 Å². The van der Waals surface area contributed by atoms with E-state index in [1.54, 1.807) is 31.4 Å². The van der Waals surface area contributed by atoms with Gasteiger partial charge in [0.1, 0.15) is 11.6 Å². The van der Waals surface area contributed by atoms with E-state index in [2.05, 4.69) is 20.4 Å². The van der Waals surface area contributed by atoms with Crippen molar-refractivity contribution in [1.29, 1.82) is 0 Å². The summed E-state index contributed by atoms with van der Waals surface area (Å²) in [5, 5.41) is 8.06. The Kier molecular flexibility index (Phi) is 4.23. The highest BCUT2D eigenvalue weighted by atomic mass is 19.2. The molecule has 30 heavy (non-hydrogen) atoms. The number of hydrogen-bond acceptors (Lipinski definition) is 6. The molecular formula is C21H18F2N6O. The second-order valence-corrected chi connectivity index (χ2v) is 7.11. The highest BCUT2D eigenvalue weighted by Crippen LogP contribution is 2.35. The van der Waals surface area contributed by atoms with Gasteiger partial charge < -0.3 is 15.8 Å². The number of rotatable bonds is 5. The third-order valence-corrected chi connectivity index (χ3v) is 5.00. The lowest BCUT2D eigenvalue weighted by Gasteiger charge is -2.09. The number of aromatic nitrogens is 4. The van der Waals surface area contributed by atoms with Gasteiger partial charge in [-0.25, -0.2) is 18.4 Å². The Hall–Kier alpha value is -3.75. The number of anilines is 2. The molecule has 2 aromatic heterocycles. The topological polar surface area (TPSA) is 90.9 Å². The van der Waals surface area contributed by atoms with Crippen LogP contribution in [0.3, 0.4) is 0 Å². The average Bonchev–Trinajstić information content (AvgIpc) is 3.51. The predicted molar refractivity (Wildman–Crippen MR) is 110 cm³/mol. The third kappa shape index (κ3) is 3.08. The maximum absolute atomic E-state index is 14.6. The average molecular weight is 408 g/mol. The van der Waals surface area contributed by atoms with Crippen molar-refractivity contribution in [2.45, 2.75) is 18.9 Å². The normalized spacial score (nSPS) is 13.6. The van der Waals surface area contributed by atoms with E-state index in [0.29, 0.717) is 28.4 Å². The summed E-state index contributed by atoms with van der Waals surface area (Å²) in [6, 6.07) is 11.4. The lowest BCUT2D eigenvalue weighted by molar-refractivity contribution is 0.414. The molecule has 1 aliphatic carbocycles. The molecule has 1 saturated carbocycles. The van der Waals surface area contributed by atoms with Crippen LogP contribution in [0, 0.1) is 11.6 Å². The van der Waals surface area contributed by atoms with E-state index < -0.39 is 11.6 Å². The number of nitrogen functional groups attached to an aromatic ring is 1. The van der Waals surface area contributed by atoms with Crippen LogP contribution in [0.5, 0.6) is 5.75 Å². The van der Waals surface area contributed by atoms with E-state index in [9.17, 15) is 8.78 Å². The fraction of sp³-hybridized carbons (Fsp3) is 0.190. The molecule has 0 saturated heterocycles. The first kappa shape index (κ1) is 18.3. The summed E-state index contributed by atoms with van der Waals surface area (Å²) < 4.78 is 35.2. The van der Waals surface area contributed by atoms with Crippen LogP contribution in [0.25, 0.3) is 28.0 Å².